The normalized spacial score (nSPS) is 16.3. The molecule has 0 bridgehead atoms. The van der Waals surface area contributed by atoms with E-state index in [1.807, 2.05) is 57.7 Å². The largest absolute Gasteiger partial charge is 0.353 e. The zero-order valence-electron chi connectivity index (χ0n) is 14.9. The standard InChI is InChI=1S/C19H28N2O2/c1-13-6-7-15(12-14(13)2)17(22)21-10-8-16(9-11-21)20-18(23)19(3,4)5/h6-7,12,16H,8-11H2,1-5H3,(H,20,23). The van der Waals surface area contributed by atoms with Crippen LogP contribution in [0.15, 0.2) is 18.2 Å². The van der Waals surface area contributed by atoms with Gasteiger partial charge in [0.15, 0.2) is 0 Å². The topological polar surface area (TPSA) is 49.4 Å². The number of nitrogens with one attached hydrogen (secondary N) is 1. The molecule has 0 aromatic heterocycles. The van der Waals surface area contributed by atoms with Crippen molar-refractivity contribution in [2.75, 3.05) is 13.1 Å². The molecule has 0 radical (unpaired) electrons. The number of aryl methyl sites for hydroxylation is 2. The summed E-state index contributed by atoms with van der Waals surface area (Å²) >= 11 is 0. The van der Waals surface area contributed by atoms with Crippen molar-refractivity contribution in [3.63, 3.8) is 0 Å². The summed E-state index contributed by atoms with van der Waals surface area (Å²) in [6.07, 6.45) is 1.64. The van der Waals surface area contributed by atoms with E-state index in [1.165, 1.54) is 5.56 Å². The molecule has 0 atom stereocenters. The number of benzene rings is 1. The van der Waals surface area contributed by atoms with Crippen LogP contribution in [0, 0.1) is 19.3 Å². The maximum atomic E-state index is 12.6. The van der Waals surface area contributed by atoms with Crippen molar-refractivity contribution in [1.29, 1.82) is 0 Å². The summed E-state index contributed by atoms with van der Waals surface area (Å²) in [5, 5.41) is 3.10. The first-order chi connectivity index (χ1) is 10.7. The van der Waals surface area contributed by atoms with Gasteiger partial charge in [-0.05, 0) is 49.9 Å². The summed E-state index contributed by atoms with van der Waals surface area (Å²) < 4.78 is 0. The van der Waals surface area contributed by atoms with Gasteiger partial charge in [0.05, 0.1) is 0 Å². The summed E-state index contributed by atoms with van der Waals surface area (Å²) in [6.45, 7) is 11.2. The van der Waals surface area contributed by atoms with E-state index in [4.69, 9.17) is 0 Å². The molecule has 1 aromatic rings. The van der Waals surface area contributed by atoms with Gasteiger partial charge < -0.3 is 10.2 Å². The molecule has 1 aromatic carbocycles. The van der Waals surface area contributed by atoms with E-state index in [0.717, 1.165) is 24.0 Å². The third-order valence-electron chi connectivity index (χ3n) is 4.55. The smallest absolute Gasteiger partial charge is 0.253 e. The Labute approximate surface area is 139 Å². The average Bonchev–Trinajstić information content (AvgIpc) is 2.49. The first kappa shape index (κ1) is 17.5. The lowest BCUT2D eigenvalue weighted by molar-refractivity contribution is -0.129. The molecule has 0 spiro atoms. The van der Waals surface area contributed by atoms with Crippen LogP contribution in [-0.4, -0.2) is 35.8 Å². The highest BCUT2D eigenvalue weighted by atomic mass is 16.2. The Balaban J connectivity index is 1.92. The SMILES string of the molecule is Cc1ccc(C(=O)N2CCC(NC(=O)C(C)(C)C)CC2)cc1C. The maximum absolute atomic E-state index is 12.6. The van der Waals surface area contributed by atoms with E-state index in [0.29, 0.717) is 13.1 Å². The minimum Gasteiger partial charge on any atom is -0.353 e. The van der Waals surface area contributed by atoms with E-state index in [9.17, 15) is 9.59 Å². The van der Waals surface area contributed by atoms with Crippen LogP contribution in [-0.2, 0) is 4.79 Å². The Morgan fingerprint density at radius 2 is 1.70 bits per heavy atom. The fraction of sp³-hybridized carbons (Fsp3) is 0.579. The van der Waals surface area contributed by atoms with Gasteiger partial charge in [0.1, 0.15) is 0 Å². The molecule has 2 rings (SSSR count). The number of piperidine rings is 1. The monoisotopic (exact) mass is 316 g/mol. The molecule has 1 saturated heterocycles. The highest BCUT2D eigenvalue weighted by Crippen LogP contribution is 2.18. The molecule has 4 heteroatoms. The molecule has 1 heterocycles. The molecule has 4 nitrogen and oxygen atoms in total. The highest BCUT2D eigenvalue weighted by Gasteiger charge is 2.28. The van der Waals surface area contributed by atoms with Gasteiger partial charge in [0, 0.05) is 30.1 Å². The van der Waals surface area contributed by atoms with Crippen LogP contribution < -0.4 is 5.32 Å². The van der Waals surface area contributed by atoms with Gasteiger partial charge in [-0.15, -0.1) is 0 Å². The first-order valence-electron chi connectivity index (χ1n) is 8.36. The van der Waals surface area contributed by atoms with E-state index < -0.39 is 0 Å². The summed E-state index contributed by atoms with van der Waals surface area (Å²) in [5.41, 5.74) is 2.73. The quantitative estimate of drug-likeness (QED) is 0.911. The molecule has 1 N–H and O–H groups in total. The number of hydrogen-bond donors (Lipinski definition) is 1. The summed E-state index contributed by atoms with van der Waals surface area (Å²) in [7, 11) is 0. The molecule has 126 valence electrons. The number of amides is 2. The van der Waals surface area contributed by atoms with Crippen LogP contribution in [0.2, 0.25) is 0 Å². The fourth-order valence-electron chi connectivity index (χ4n) is 2.69. The molecule has 0 aliphatic carbocycles. The van der Waals surface area contributed by atoms with Crippen molar-refractivity contribution in [2.45, 2.75) is 53.5 Å². The Kier molecular flexibility index (Phi) is 5.12. The van der Waals surface area contributed by atoms with Crippen LogP contribution in [0.3, 0.4) is 0 Å². The molecular weight excluding hydrogens is 288 g/mol. The summed E-state index contributed by atoms with van der Waals surface area (Å²) in [6, 6.07) is 6.04. The average molecular weight is 316 g/mol. The van der Waals surface area contributed by atoms with Gasteiger partial charge >= 0.3 is 0 Å². The van der Waals surface area contributed by atoms with Crippen molar-refractivity contribution in [1.82, 2.24) is 10.2 Å². The molecule has 2 amide bonds. The van der Waals surface area contributed by atoms with Gasteiger partial charge in [-0.3, -0.25) is 9.59 Å². The van der Waals surface area contributed by atoms with Crippen molar-refractivity contribution in [2.24, 2.45) is 5.41 Å². The maximum Gasteiger partial charge on any atom is 0.253 e. The second kappa shape index (κ2) is 6.73. The van der Waals surface area contributed by atoms with Gasteiger partial charge in [0.2, 0.25) is 5.91 Å². The fourth-order valence-corrected chi connectivity index (χ4v) is 2.69. The molecule has 1 fully saturated rings. The number of likely N-dealkylation sites (tertiary alicyclic amines) is 1. The Hall–Kier alpha value is -1.84. The van der Waals surface area contributed by atoms with Crippen LogP contribution in [0.4, 0.5) is 0 Å². The van der Waals surface area contributed by atoms with E-state index in [-0.39, 0.29) is 23.3 Å². The third-order valence-corrected chi connectivity index (χ3v) is 4.55. The van der Waals surface area contributed by atoms with Crippen molar-refractivity contribution in [3.05, 3.63) is 34.9 Å². The van der Waals surface area contributed by atoms with Crippen LogP contribution in [0.25, 0.3) is 0 Å². The van der Waals surface area contributed by atoms with E-state index in [1.54, 1.807) is 0 Å². The number of hydrogen-bond acceptors (Lipinski definition) is 2. The van der Waals surface area contributed by atoms with Crippen LogP contribution >= 0.6 is 0 Å². The summed E-state index contributed by atoms with van der Waals surface area (Å²) in [5.74, 6) is 0.171. The second-order valence-electron chi connectivity index (χ2n) is 7.59. The van der Waals surface area contributed by atoms with Crippen molar-refractivity contribution in [3.8, 4) is 0 Å². The minimum absolute atomic E-state index is 0.0800. The lowest BCUT2D eigenvalue weighted by atomic mass is 9.94. The second-order valence-corrected chi connectivity index (χ2v) is 7.59. The molecule has 0 unspecified atom stereocenters. The zero-order chi connectivity index (χ0) is 17.2. The third kappa shape index (κ3) is 4.34. The predicted molar refractivity (Wildman–Crippen MR) is 92.4 cm³/mol. The van der Waals surface area contributed by atoms with E-state index >= 15 is 0 Å². The number of rotatable bonds is 2. The lowest BCUT2D eigenvalue weighted by Crippen LogP contribution is -2.49. The van der Waals surface area contributed by atoms with Crippen LogP contribution in [0.1, 0.15) is 55.1 Å². The molecule has 23 heavy (non-hydrogen) atoms. The van der Waals surface area contributed by atoms with Crippen molar-refractivity contribution >= 4 is 11.8 Å². The number of carbonyl (C=O) groups is 2. The van der Waals surface area contributed by atoms with Gasteiger partial charge in [-0.2, -0.15) is 0 Å². The van der Waals surface area contributed by atoms with Gasteiger partial charge in [-0.25, -0.2) is 0 Å². The molecule has 1 aliphatic heterocycles. The van der Waals surface area contributed by atoms with Gasteiger partial charge in [-0.1, -0.05) is 26.8 Å². The summed E-state index contributed by atoms with van der Waals surface area (Å²) in [4.78, 5) is 26.5. The van der Waals surface area contributed by atoms with Crippen molar-refractivity contribution < 1.29 is 9.59 Å². The van der Waals surface area contributed by atoms with Gasteiger partial charge in [0.25, 0.3) is 5.91 Å². The Morgan fingerprint density at radius 1 is 1.09 bits per heavy atom. The Morgan fingerprint density at radius 3 is 2.22 bits per heavy atom. The number of carbonyl (C=O) groups excluding carboxylic acids is 2. The Bertz CT molecular complexity index is 594. The zero-order valence-corrected chi connectivity index (χ0v) is 14.9. The lowest BCUT2D eigenvalue weighted by Gasteiger charge is -2.34. The van der Waals surface area contributed by atoms with E-state index in [2.05, 4.69) is 5.32 Å². The predicted octanol–water partition coefficient (Wildman–Crippen LogP) is 3.07. The molecule has 1 aliphatic rings. The molecule has 0 saturated carbocycles. The highest BCUT2D eigenvalue weighted by molar-refractivity contribution is 5.94. The molecular formula is C19H28N2O2. The number of nitrogens with zero attached hydrogens (tertiary/aromatic N) is 1. The first-order valence-corrected chi connectivity index (χ1v) is 8.36. The van der Waals surface area contributed by atoms with Crippen LogP contribution in [0.5, 0.6) is 0 Å². The minimum atomic E-state index is -0.369.